The van der Waals surface area contributed by atoms with Crippen LogP contribution < -0.4 is 11.1 Å². The quantitative estimate of drug-likeness (QED) is 0.168. The monoisotopic (exact) mass is 574 g/mol. The van der Waals surface area contributed by atoms with Gasteiger partial charge in [0.1, 0.15) is 12.1 Å². The largest absolute Gasteiger partial charge is 0.480 e. The summed E-state index contributed by atoms with van der Waals surface area (Å²) in [6, 6.07) is 2.02. The molecule has 0 aliphatic carbocycles. The number of aliphatic hydroxyl groups excluding tert-OH is 1. The molecule has 1 aliphatic rings. The molecule has 0 fully saturated rings. The number of hydrogen-bond donors (Lipinski definition) is 5. The Labute approximate surface area is 245 Å². The second kappa shape index (κ2) is 17.0. The molecule has 42 heavy (non-hydrogen) atoms. The Balaban J connectivity index is 1.83. The Morgan fingerprint density at radius 2 is 1.71 bits per heavy atom. The van der Waals surface area contributed by atoms with Crippen LogP contribution >= 0.6 is 0 Å². The van der Waals surface area contributed by atoms with Crippen LogP contribution in [0.3, 0.4) is 0 Å². The van der Waals surface area contributed by atoms with Gasteiger partial charge in [-0.05, 0) is 45.9 Å². The number of amides is 2. The van der Waals surface area contributed by atoms with Gasteiger partial charge in [0.25, 0.3) is 0 Å². The van der Waals surface area contributed by atoms with Crippen LogP contribution in [0.1, 0.15) is 33.4 Å². The SMILES string of the molecule is CC(/C=C/C=C/C=C/C=C/C=C(\C)C(=O)NC(C(=O)O)C(O)C(N)=O)=C\C(C)=C\[C@H]1N=C(/C=C/c2ccc[nH]2)O[C@@H]1C. The summed E-state index contributed by atoms with van der Waals surface area (Å²) in [5.74, 6) is -2.96. The van der Waals surface area contributed by atoms with Gasteiger partial charge in [0.2, 0.25) is 17.7 Å². The number of aromatic nitrogens is 1. The molecule has 2 heterocycles. The average Bonchev–Trinajstić information content (AvgIpc) is 3.57. The molecule has 0 bridgehead atoms. The van der Waals surface area contributed by atoms with E-state index in [9.17, 15) is 19.5 Å². The number of nitrogens with zero attached hydrogens (tertiary/aromatic N) is 1. The number of ether oxygens (including phenoxy) is 1. The molecular formula is C32H38N4O6. The number of hydrogen-bond acceptors (Lipinski definition) is 6. The molecule has 4 atom stereocenters. The van der Waals surface area contributed by atoms with Crippen molar-refractivity contribution >= 4 is 29.8 Å². The highest BCUT2D eigenvalue weighted by Gasteiger charge is 2.32. The average molecular weight is 575 g/mol. The maximum atomic E-state index is 12.1. The minimum Gasteiger partial charge on any atom is -0.480 e. The van der Waals surface area contributed by atoms with Gasteiger partial charge in [-0.25, -0.2) is 9.79 Å². The van der Waals surface area contributed by atoms with Crippen LogP contribution in [-0.2, 0) is 19.1 Å². The number of carbonyl (C=O) groups excluding carboxylic acids is 2. The van der Waals surface area contributed by atoms with Crippen molar-refractivity contribution in [2.24, 2.45) is 10.7 Å². The maximum Gasteiger partial charge on any atom is 0.329 e. The molecule has 2 unspecified atom stereocenters. The third-order valence-corrected chi connectivity index (χ3v) is 5.87. The van der Waals surface area contributed by atoms with Gasteiger partial charge in [0.15, 0.2) is 12.1 Å². The summed E-state index contributed by atoms with van der Waals surface area (Å²) < 4.78 is 5.85. The predicted molar refractivity (Wildman–Crippen MR) is 164 cm³/mol. The number of carboxylic acids is 1. The molecule has 0 saturated carbocycles. The van der Waals surface area contributed by atoms with Crippen molar-refractivity contribution in [1.29, 1.82) is 0 Å². The minimum atomic E-state index is -2.04. The third-order valence-electron chi connectivity index (χ3n) is 5.87. The van der Waals surface area contributed by atoms with Gasteiger partial charge in [-0.15, -0.1) is 0 Å². The molecule has 1 aromatic rings. The molecular weight excluding hydrogens is 536 g/mol. The number of aliphatic imine (C=N–C) groups is 1. The summed E-state index contributed by atoms with van der Waals surface area (Å²) in [5.41, 5.74) is 8.24. The molecule has 10 heteroatoms. The zero-order valence-corrected chi connectivity index (χ0v) is 24.1. The van der Waals surface area contributed by atoms with Crippen LogP contribution in [0, 0.1) is 0 Å². The molecule has 2 amide bonds. The number of nitrogens with one attached hydrogen (secondary N) is 2. The number of aliphatic carboxylic acids is 1. The first-order valence-electron chi connectivity index (χ1n) is 13.3. The number of aliphatic hydroxyl groups is 1. The standard InChI is InChI=1S/C32H38N4O6/c1-21(19-22(2)20-26-24(4)42-27(35-26)17-16-25-15-12-18-34-25)13-10-8-6-5-7-9-11-14-23(3)31(39)36-28(32(40)41)29(37)30(33)38/h5-20,24,26,28-29,34,37H,1-4H3,(H2,33,38)(H,36,39)(H,40,41)/b7-5+,8-6+,11-9+,13-10+,17-16+,21-19+,22-20+,23-14+/t24-,26-,28?,29?/m1/s1. The van der Waals surface area contributed by atoms with Crippen LogP contribution in [0.4, 0.5) is 0 Å². The van der Waals surface area contributed by atoms with Crippen molar-refractivity contribution in [2.75, 3.05) is 0 Å². The summed E-state index contributed by atoms with van der Waals surface area (Å²) in [6.45, 7) is 7.52. The third kappa shape index (κ3) is 11.6. The number of rotatable bonds is 14. The zero-order chi connectivity index (χ0) is 31.1. The fourth-order valence-electron chi connectivity index (χ4n) is 3.63. The van der Waals surface area contributed by atoms with Crippen LogP contribution in [0.15, 0.2) is 113 Å². The fourth-order valence-corrected chi connectivity index (χ4v) is 3.63. The van der Waals surface area contributed by atoms with E-state index in [0.717, 1.165) is 16.8 Å². The highest BCUT2D eigenvalue weighted by atomic mass is 16.5. The molecule has 222 valence electrons. The summed E-state index contributed by atoms with van der Waals surface area (Å²) >= 11 is 0. The van der Waals surface area contributed by atoms with E-state index in [0.29, 0.717) is 5.90 Å². The van der Waals surface area contributed by atoms with Gasteiger partial charge >= 0.3 is 5.97 Å². The van der Waals surface area contributed by atoms with Crippen LogP contribution in [0.25, 0.3) is 6.08 Å². The summed E-state index contributed by atoms with van der Waals surface area (Å²) in [7, 11) is 0. The molecule has 6 N–H and O–H groups in total. The van der Waals surface area contributed by atoms with E-state index in [1.807, 2.05) is 75.6 Å². The molecule has 2 rings (SSSR count). The van der Waals surface area contributed by atoms with Crippen LogP contribution in [0.2, 0.25) is 0 Å². The van der Waals surface area contributed by atoms with Crippen LogP contribution in [-0.4, -0.2) is 63.2 Å². The Kier molecular flexibility index (Phi) is 13.4. The number of nitrogens with two attached hydrogens (primary N) is 1. The summed E-state index contributed by atoms with van der Waals surface area (Å²) in [4.78, 5) is 42.1. The molecule has 1 aromatic heterocycles. The first-order chi connectivity index (χ1) is 20.0. The Bertz CT molecular complexity index is 1370. The number of primary amides is 1. The Hall–Kier alpha value is -4.96. The van der Waals surface area contributed by atoms with E-state index in [4.69, 9.17) is 15.6 Å². The van der Waals surface area contributed by atoms with E-state index in [-0.39, 0.29) is 17.7 Å². The molecule has 0 radical (unpaired) electrons. The first kappa shape index (κ1) is 33.2. The van der Waals surface area contributed by atoms with Gasteiger partial charge in [-0.2, -0.15) is 0 Å². The van der Waals surface area contributed by atoms with Crippen LogP contribution in [0.5, 0.6) is 0 Å². The lowest BCUT2D eigenvalue weighted by Crippen LogP contribution is -2.53. The van der Waals surface area contributed by atoms with Crippen molar-refractivity contribution in [3.05, 3.63) is 114 Å². The normalized spacial score (nSPS) is 20.1. The second-order valence-electron chi connectivity index (χ2n) is 9.54. The lowest BCUT2D eigenvalue weighted by molar-refractivity contribution is -0.148. The van der Waals surface area contributed by atoms with E-state index < -0.39 is 29.9 Å². The number of allylic oxidation sites excluding steroid dienone is 12. The van der Waals surface area contributed by atoms with E-state index >= 15 is 0 Å². The number of carbonyl (C=O) groups is 3. The lowest BCUT2D eigenvalue weighted by Gasteiger charge is -2.17. The molecule has 0 spiro atoms. The molecule has 0 aromatic carbocycles. The van der Waals surface area contributed by atoms with Gasteiger partial charge in [-0.3, -0.25) is 9.59 Å². The topological polar surface area (TPSA) is 167 Å². The van der Waals surface area contributed by atoms with Crippen molar-refractivity contribution in [3.8, 4) is 0 Å². The Morgan fingerprint density at radius 1 is 1.05 bits per heavy atom. The van der Waals surface area contributed by atoms with Crippen molar-refractivity contribution in [1.82, 2.24) is 10.3 Å². The second-order valence-corrected chi connectivity index (χ2v) is 9.54. The molecule has 1 aliphatic heterocycles. The number of aromatic amines is 1. The Morgan fingerprint density at radius 3 is 2.33 bits per heavy atom. The van der Waals surface area contributed by atoms with Gasteiger partial charge in [0, 0.05) is 23.5 Å². The lowest BCUT2D eigenvalue weighted by atomic mass is 10.1. The highest BCUT2D eigenvalue weighted by Crippen LogP contribution is 2.18. The molecule has 0 saturated heterocycles. The van der Waals surface area contributed by atoms with Crippen molar-refractivity contribution in [2.45, 2.75) is 52.0 Å². The summed E-state index contributed by atoms with van der Waals surface area (Å²) in [6.07, 6.45) is 23.7. The maximum absolute atomic E-state index is 12.1. The first-order valence-corrected chi connectivity index (χ1v) is 13.3. The van der Waals surface area contributed by atoms with Gasteiger partial charge in [0.05, 0.1) is 0 Å². The predicted octanol–water partition coefficient (Wildman–Crippen LogP) is 3.69. The van der Waals surface area contributed by atoms with E-state index in [2.05, 4.69) is 27.4 Å². The highest BCUT2D eigenvalue weighted by molar-refractivity contribution is 5.97. The molecule has 10 nitrogen and oxygen atoms in total. The van der Waals surface area contributed by atoms with E-state index in [1.54, 1.807) is 24.3 Å². The van der Waals surface area contributed by atoms with Gasteiger partial charge in [-0.1, -0.05) is 78.0 Å². The van der Waals surface area contributed by atoms with Gasteiger partial charge < -0.3 is 31.0 Å². The number of carboxylic acid groups (broad SMARTS) is 1. The fraction of sp³-hybridized carbons (Fsp3) is 0.250. The minimum absolute atomic E-state index is 0.0422. The van der Waals surface area contributed by atoms with Crippen molar-refractivity contribution in [3.63, 3.8) is 0 Å². The summed E-state index contributed by atoms with van der Waals surface area (Å²) in [5, 5.41) is 20.7. The number of H-pyrrole nitrogens is 1. The smallest absolute Gasteiger partial charge is 0.329 e. The zero-order valence-electron chi connectivity index (χ0n) is 24.1. The van der Waals surface area contributed by atoms with Crippen molar-refractivity contribution < 1.29 is 29.3 Å². The van der Waals surface area contributed by atoms with E-state index in [1.165, 1.54) is 13.0 Å².